The van der Waals surface area contributed by atoms with Gasteiger partial charge in [0.05, 0.1) is 26.9 Å². The number of carbonyl (C=O) groups is 2. The average Bonchev–Trinajstić information content (AvgIpc) is 3.14. The summed E-state index contributed by atoms with van der Waals surface area (Å²) in [5.41, 5.74) is -2.90. The van der Waals surface area contributed by atoms with Crippen molar-refractivity contribution in [2.24, 2.45) is 10.8 Å². The topological polar surface area (TPSA) is 94.5 Å². The lowest BCUT2D eigenvalue weighted by Gasteiger charge is -2.55. The first-order valence-electron chi connectivity index (χ1n) is 9.09. The SMILES string of the molecule is COC1=CC(=O)[C@@]23CC[C@@]45C(OC)=C(OC)C(=O)C[C@@]24C[C@@H](O[C@@]13O)N5C. The van der Waals surface area contributed by atoms with Gasteiger partial charge in [-0.1, -0.05) is 0 Å². The Bertz CT molecular complexity index is 849. The molecule has 2 heterocycles. The zero-order valence-electron chi connectivity index (χ0n) is 15.8. The molecule has 2 bridgehead atoms. The summed E-state index contributed by atoms with van der Waals surface area (Å²) in [7, 11) is 6.26. The van der Waals surface area contributed by atoms with Crippen molar-refractivity contribution in [1.82, 2.24) is 4.90 Å². The van der Waals surface area contributed by atoms with E-state index in [4.69, 9.17) is 18.9 Å². The third-order valence-corrected chi connectivity index (χ3v) is 7.86. The van der Waals surface area contributed by atoms with Crippen LogP contribution >= 0.6 is 0 Å². The van der Waals surface area contributed by atoms with Gasteiger partial charge in [-0.15, -0.1) is 0 Å². The zero-order chi connectivity index (χ0) is 19.4. The summed E-state index contributed by atoms with van der Waals surface area (Å²) < 4.78 is 22.6. The van der Waals surface area contributed by atoms with Gasteiger partial charge < -0.3 is 24.1 Å². The molecule has 8 heteroatoms. The molecule has 0 aromatic heterocycles. The number of nitrogens with zero attached hydrogens (tertiary/aromatic N) is 1. The van der Waals surface area contributed by atoms with Gasteiger partial charge in [-0.2, -0.15) is 0 Å². The fraction of sp³-hybridized carbons (Fsp3) is 0.684. The molecule has 0 radical (unpaired) electrons. The van der Waals surface area contributed by atoms with Crippen LogP contribution in [0.2, 0.25) is 0 Å². The molecule has 2 saturated heterocycles. The molecule has 8 nitrogen and oxygen atoms in total. The normalized spacial score (nSPS) is 47.7. The van der Waals surface area contributed by atoms with Crippen molar-refractivity contribution in [3.8, 4) is 0 Å². The molecule has 2 spiro atoms. The number of hydrogen-bond donors (Lipinski definition) is 1. The Morgan fingerprint density at radius 2 is 1.93 bits per heavy atom. The van der Waals surface area contributed by atoms with Crippen molar-refractivity contribution in [3.05, 3.63) is 23.4 Å². The van der Waals surface area contributed by atoms with Crippen molar-refractivity contribution in [2.45, 2.75) is 43.2 Å². The van der Waals surface area contributed by atoms with Crippen LogP contribution < -0.4 is 0 Å². The third-order valence-electron chi connectivity index (χ3n) is 7.86. The van der Waals surface area contributed by atoms with Gasteiger partial charge in [0, 0.05) is 17.9 Å². The minimum absolute atomic E-state index is 0.0894. The van der Waals surface area contributed by atoms with E-state index in [2.05, 4.69) is 0 Å². The second-order valence-electron chi connectivity index (χ2n) is 8.12. The number of likely N-dealkylation sites (tertiary alicyclic amines) is 1. The van der Waals surface area contributed by atoms with E-state index in [-0.39, 0.29) is 29.5 Å². The highest BCUT2D eigenvalue weighted by atomic mass is 16.7. The van der Waals surface area contributed by atoms with Gasteiger partial charge in [-0.25, -0.2) is 0 Å². The number of likely N-dealkylation sites (N-methyl/N-ethyl adjacent to an activating group) is 1. The first-order chi connectivity index (χ1) is 12.8. The summed E-state index contributed by atoms with van der Waals surface area (Å²) in [6, 6.07) is 0. The van der Waals surface area contributed by atoms with E-state index >= 15 is 0 Å². The summed E-state index contributed by atoms with van der Waals surface area (Å²) in [6.45, 7) is 0. The van der Waals surface area contributed by atoms with Crippen molar-refractivity contribution >= 4 is 11.6 Å². The molecule has 0 aromatic carbocycles. The molecule has 3 fully saturated rings. The largest absolute Gasteiger partial charge is 0.495 e. The summed E-state index contributed by atoms with van der Waals surface area (Å²) in [4.78, 5) is 28.4. The van der Waals surface area contributed by atoms with Gasteiger partial charge in [0.25, 0.3) is 0 Å². The maximum Gasteiger partial charge on any atom is 0.240 e. The van der Waals surface area contributed by atoms with E-state index < -0.39 is 28.4 Å². The van der Waals surface area contributed by atoms with Crippen LogP contribution in [0.1, 0.15) is 25.7 Å². The number of methoxy groups -OCH3 is 3. The van der Waals surface area contributed by atoms with E-state index in [1.165, 1.54) is 27.4 Å². The number of rotatable bonds is 3. The molecular weight excluding hydrogens is 354 g/mol. The van der Waals surface area contributed by atoms with Crippen molar-refractivity contribution < 1.29 is 33.6 Å². The maximum atomic E-state index is 13.3. The molecule has 2 aliphatic heterocycles. The smallest absolute Gasteiger partial charge is 0.240 e. The van der Waals surface area contributed by atoms with E-state index in [0.717, 1.165) is 0 Å². The summed E-state index contributed by atoms with van der Waals surface area (Å²) in [5, 5.41) is 11.7. The minimum atomic E-state index is -1.89. The van der Waals surface area contributed by atoms with Crippen LogP contribution in [0, 0.1) is 10.8 Å². The molecule has 5 rings (SSSR count). The molecule has 27 heavy (non-hydrogen) atoms. The highest BCUT2D eigenvalue weighted by molar-refractivity contribution is 6.04. The van der Waals surface area contributed by atoms with Gasteiger partial charge in [-0.3, -0.25) is 14.5 Å². The fourth-order valence-corrected chi connectivity index (χ4v) is 6.98. The third kappa shape index (κ3) is 1.36. The number of ketones is 2. The van der Waals surface area contributed by atoms with Gasteiger partial charge in [0.1, 0.15) is 11.6 Å². The fourth-order valence-electron chi connectivity index (χ4n) is 6.98. The van der Waals surface area contributed by atoms with Crippen molar-refractivity contribution in [3.63, 3.8) is 0 Å². The van der Waals surface area contributed by atoms with Gasteiger partial charge in [-0.05, 0) is 26.3 Å². The first-order valence-corrected chi connectivity index (χ1v) is 9.09. The molecule has 1 N–H and O–H groups in total. The lowest BCUT2D eigenvalue weighted by Crippen LogP contribution is -2.66. The first kappa shape index (κ1) is 17.2. The predicted molar refractivity (Wildman–Crippen MR) is 89.8 cm³/mol. The van der Waals surface area contributed by atoms with Crippen LogP contribution in [0.4, 0.5) is 0 Å². The Balaban J connectivity index is 1.85. The standard InChI is InChI=1S/C19H23NO7/c1-20-13-9-16-8-10(21)14(25-3)15(26-4)18(16,20)6-5-17(16)11(22)7-12(24-2)19(17,23)27-13/h7,13,23H,5-6,8-9H2,1-4H3/t13-,16-,17+,18-,19+/m1/s1. The second kappa shape index (κ2) is 4.74. The van der Waals surface area contributed by atoms with Crippen LogP contribution in [0.25, 0.3) is 0 Å². The Morgan fingerprint density at radius 3 is 2.56 bits per heavy atom. The number of allylic oxidation sites excluding steroid dienone is 2. The lowest BCUT2D eigenvalue weighted by atomic mass is 9.51. The molecule has 0 aromatic rings. The van der Waals surface area contributed by atoms with Gasteiger partial charge in [0.2, 0.25) is 17.3 Å². The van der Waals surface area contributed by atoms with Crippen LogP contribution in [-0.2, 0) is 28.5 Å². The predicted octanol–water partition coefficient (Wildman–Crippen LogP) is 0.462. The summed E-state index contributed by atoms with van der Waals surface area (Å²) in [6.07, 6.45) is 2.30. The number of aliphatic hydroxyl groups is 1. The summed E-state index contributed by atoms with van der Waals surface area (Å²) in [5.74, 6) is -1.64. The number of Topliss-reactive ketones (excluding diaryl/α,β-unsaturated/α-hetero) is 1. The van der Waals surface area contributed by atoms with E-state index in [1.54, 1.807) is 0 Å². The number of carbonyl (C=O) groups excluding carboxylic acids is 2. The summed E-state index contributed by atoms with van der Waals surface area (Å²) >= 11 is 0. The zero-order valence-corrected chi connectivity index (χ0v) is 15.8. The Labute approximate surface area is 156 Å². The van der Waals surface area contributed by atoms with Crippen LogP contribution in [0.3, 0.4) is 0 Å². The molecular formula is C19H23NO7. The minimum Gasteiger partial charge on any atom is -0.495 e. The van der Waals surface area contributed by atoms with Crippen LogP contribution in [-0.4, -0.2) is 67.5 Å². The monoisotopic (exact) mass is 377 g/mol. The van der Waals surface area contributed by atoms with Crippen LogP contribution in [0.5, 0.6) is 0 Å². The number of hydrogen-bond acceptors (Lipinski definition) is 8. The van der Waals surface area contributed by atoms with Gasteiger partial charge in [0.15, 0.2) is 17.3 Å². The Hall–Kier alpha value is -1.90. The number of ether oxygens (including phenoxy) is 4. The van der Waals surface area contributed by atoms with Gasteiger partial charge >= 0.3 is 0 Å². The molecule has 3 aliphatic carbocycles. The number of fused-ring (bicyclic) bond motifs is 1. The second-order valence-corrected chi connectivity index (χ2v) is 8.12. The quantitative estimate of drug-likeness (QED) is 0.758. The lowest BCUT2D eigenvalue weighted by molar-refractivity contribution is -0.321. The Kier molecular flexibility index (Phi) is 3.02. The van der Waals surface area contributed by atoms with E-state index in [9.17, 15) is 14.7 Å². The van der Waals surface area contributed by atoms with E-state index in [0.29, 0.717) is 25.0 Å². The molecule has 146 valence electrons. The molecule has 5 aliphatic rings. The van der Waals surface area contributed by atoms with Crippen molar-refractivity contribution in [1.29, 1.82) is 0 Å². The average molecular weight is 377 g/mol. The molecule has 5 atom stereocenters. The van der Waals surface area contributed by atoms with Crippen molar-refractivity contribution in [2.75, 3.05) is 28.4 Å². The van der Waals surface area contributed by atoms with Crippen LogP contribution in [0.15, 0.2) is 23.4 Å². The van der Waals surface area contributed by atoms with E-state index in [1.807, 2.05) is 11.9 Å². The molecule has 1 saturated carbocycles. The molecule has 0 amide bonds. The highest BCUT2D eigenvalue weighted by Gasteiger charge is 2.89. The maximum absolute atomic E-state index is 13.3. The Morgan fingerprint density at radius 1 is 1.19 bits per heavy atom. The molecule has 0 unspecified atom stereocenters. The highest BCUT2D eigenvalue weighted by Crippen LogP contribution is 2.79.